The molecule has 1 aliphatic rings. The Balaban J connectivity index is 2.24. The second kappa shape index (κ2) is 2.80. The van der Waals surface area contributed by atoms with E-state index in [9.17, 15) is 0 Å². The highest BCUT2D eigenvalue weighted by molar-refractivity contribution is 4.85. The van der Waals surface area contributed by atoms with Crippen LogP contribution in [0, 0.1) is 19.4 Å². The van der Waals surface area contributed by atoms with Crippen LogP contribution in [0.25, 0.3) is 0 Å². The lowest BCUT2D eigenvalue weighted by atomic mass is 10.7. The molecule has 0 bridgehead atoms. The van der Waals surface area contributed by atoms with E-state index in [0.29, 0.717) is 13.3 Å². The second-order valence-electron chi connectivity index (χ2n) is 1.52. The summed E-state index contributed by atoms with van der Waals surface area (Å²) in [5.41, 5.74) is 0. The molecule has 1 fully saturated rings. The van der Waals surface area contributed by atoms with Crippen molar-refractivity contribution in [2.45, 2.75) is 0 Å². The van der Waals surface area contributed by atoms with E-state index in [0.717, 1.165) is 5.23 Å². The summed E-state index contributed by atoms with van der Waals surface area (Å²) in [6, 6.07) is 0. The van der Waals surface area contributed by atoms with Gasteiger partial charge in [-0.2, -0.15) is 4.94 Å². The fourth-order valence-corrected chi connectivity index (χ4v) is 0.481. The zero-order valence-electron chi connectivity index (χ0n) is 4.91. The van der Waals surface area contributed by atoms with Crippen molar-refractivity contribution in [3.8, 4) is 12.3 Å². The van der Waals surface area contributed by atoms with Crippen LogP contribution >= 0.6 is 0 Å². The minimum atomic E-state index is 0.341. The molecule has 1 radical (unpaired) electrons. The van der Waals surface area contributed by atoms with Gasteiger partial charge in [-0.25, -0.2) is 0 Å². The van der Waals surface area contributed by atoms with Crippen LogP contribution in [0.1, 0.15) is 0 Å². The van der Waals surface area contributed by atoms with Crippen LogP contribution in [0.5, 0.6) is 0 Å². The lowest BCUT2D eigenvalue weighted by Crippen LogP contribution is -2.19. The standard InChI is InChI=1S/C5H7N2O2/c1-3-4-7-5-8-6(2)9-7/h1H,2,4-5H2. The smallest absolute Gasteiger partial charge is 0.149 e. The molecule has 0 spiro atoms. The topological polar surface area (TPSA) is 24.9 Å². The molecule has 49 valence electrons. The molecule has 0 unspecified atom stereocenters. The van der Waals surface area contributed by atoms with Gasteiger partial charge in [0.15, 0.2) is 0 Å². The first-order valence-electron chi connectivity index (χ1n) is 2.43. The van der Waals surface area contributed by atoms with Crippen LogP contribution < -0.4 is 0 Å². The van der Waals surface area contributed by atoms with Crippen molar-refractivity contribution in [1.82, 2.24) is 10.3 Å². The van der Waals surface area contributed by atoms with Crippen LogP contribution in [0.2, 0.25) is 0 Å². The van der Waals surface area contributed by atoms with Gasteiger partial charge in [-0.1, -0.05) is 5.92 Å². The Kier molecular flexibility index (Phi) is 2.03. The summed E-state index contributed by atoms with van der Waals surface area (Å²) >= 11 is 0. The maximum absolute atomic E-state index is 4.99. The van der Waals surface area contributed by atoms with Gasteiger partial charge in [0.25, 0.3) is 0 Å². The summed E-state index contributed by atoms with van der Waals surface area (Å²) in [5.74, 6) is 2.40. The van der Waals surface area contributed by atoms with Gasteiger partial charge in [-0.05, 0) is 5.23 Å². The van der Waals surface area contributed by atoms with Gasteiger partial charge >= 0.3 is 0 Å². The van der Waals surface area contributed by atoms with E-state index < -0.39 is 0 Å². The Hall–Kier alpha value is -0.600. The quantitative estimate of drug-likeness (QED) is 0.454. The van der Waals surface area contributed by atoms with E-state index in [4.69, 9.17) is 16.2 Å². The average molecular weight is 127 g/mol. The zero-order valence-corrected chi connectivity index (χ0v) is 4.91. The fourth-order valence-electron chi connectivity index (χ4n) is 0.481. The zero-order chi connectivity index (χ0) is 6.69. The highest BCUT2D eigenvalue weighted by Crippen LogP contribution is 2.04. The molecule has 0 aromatic rings. The van der Waals surface area contributed by atoms with Crippen LogP contribution in [0.15, 0.2) is 0 Å². The first kappa shape index (κ1) is 6.52. The monoisotopic (exact) mass is 127 g/mol. The third kappa shape index (κ3) is 1.66. The molecule has 0 amide bonds. The van der Waals surface area contributed by atoms with E-state index in [1.165, 1.54) is 5.06 Å². The lowest BCUT2D eigenvalue weighted by Gasteiger charge is -2.05. The highest BCUT2D eigenvalue weighted by Gasteiger charge is 2.16. The van der Waals surface area contributed by atoms with Crippen LogP contribution in [0.3, 0.4) is 0 Å². The minimum Gasteiger partial charge on any atom is -0.254 e. The van der Waals surface area contributed by atoms with E-state index in [-0.39, 0.29) is 0 Å². The van der Waals surface area contributed by atoms with Gasteiger partial charge in [0.1, 0.15) is 6.73 Å². The normalized spacial score (nSPS) is 22.2. The fraction of sp³-hybridized carbons (Fsp3) is 0.400. The molecule has 0 saturated carbocycles. The SMILES string of the molecule is C#CCN1CON([CH2])O1. The Morgan fingerprint density at radius 3 is 3.00 bits per heavy atom. The summed E-state index contributed by atoms with van der Waals surface area (Å²) in [5, 5.41) is 2.48. The maximum Gasteiger partial charge on any atom is 0.149 e. The van der Waals surface area contributed by atoms with Crippen molar-refractivity contribution in [1.29, 1.82) is 0 Å². The van der Waals surface area contributed by atoms with Crippen LogP contribution in [0.4, 0.5) is 0 Å². The predicted molar refractivity (Wildman–Crippen MR) is 29.8 cm³/mol. The van der Waals surface area contributed by atoms with E-state index in [1.807, 2.05) is 0 Å². The summed E-state index contributed by atoms with van der Waals surface area (Å²) in [6.07, 6.45) is 4.99. The summed E-state index contributed by atoms with van der Waals surface area (Å²) in [7, 11) is 3.35. The Labute approximate surface area is 53.8 Å². The van der Waals surface area contributed by atoms with Crippen molar-refractivity contribution in [3.05, 3.63) is 7.05 Å². The Bertz CT molecular complexity index is 131. The number of hydrogen-bond acceptors (Lipinski definition) is 4. The maximum atomic E-state index is 4.99. The molecule has 0 aliphatic carbocycles. The van der Waals surface area contributed by atoms with Crippen molar-refractivity contribution in [3.63, 3.8) is 0 Å². The molecule has 1 aliphatic heterocycles. The van der Waals surface area contributed by atoms with Gasteiger partial charge < -0.3 is 0 Å². The van der Waals surface area contributed by atoms with Crippen molar-refractivity contribution >= 4 is 0 Å². The third-order valence-corrected chi connectivity index (χ3v) is 0.820. The molecule has 4 heteroatoms. The van der Waals surface area contributed by atoms with Crippen LogP contribution in [-0.2, 0) is 9.78 Å². The van der Waals surface area contributed by atoms with Gasteiger partial charge in [0.05, 0.1) is 13.6 Å². The number of hydrogen-bond donors (Lipinski definition) is 0. The molecule has 0 aromatic heterocycles. The molecule has 0 atom stereocenters. The number of nitrogens with zero attached hydrogens (tertiary/aromatic N) is 2. The van der Waals surface area contributed by atoms with E-state index in [2.05, 4.69) is 13.0 Å². The average Bonchev–Trinajstić information content (AvgIpc) is 2.17. The molecule has 0 aromatic carbocycles. The number of hydroxylamine groups is 4. The summed E-state index contributed by atoms with van der Waals surface area (Å²) in [6.45, 7) is 0.750. The molecular formula is C5H7N2O2. The Morgan fingerprint density at radius 1 is 1.78 bits per heavy atom. The van der Waals surface area contributed by atoms with Crippen molar-refractivity contribution in [2.24, 2.45) is 0 Å². The second-order valence-corrected chi connectivity index (χ2v) is 1.52. The van der Waals surface area contributed by atoms with Crippen molar-refractivity contribution in [2.75, 3.05) is 13.3 Å². The summed E-state index contributed by atoms with van der Waals surface area (Å²) < 4.78 is 0. The molecule has 4 nitrogen and oxygen atoms in total. The molecule has 1 rings (SSSR count). The third-order valence-electron chi connectivity index (χ3n) is 0.820. The van der Waals surface area contributed by atoms with Gasteiger partial charge in [-0.15, -0.1) is 11.5 Å². The molecule has 1 heterocycles. The van der Waals surface area contributed by atoms with Crippen molar-refractivity contribution < 1.29 is 9.78 Å². The van der Waals surface area contributed by atoms with Gasteiger partial charge in [-0.3, -0.25) is 4.84 Å². The molecular weight excluding hydrogens is 120 g/mol. The van der Waals surface area contributed by atoms with Crippen LogP contribution in [-0.4, -0.2) is 23.6 Å². The van der Waals surface area contributed by atoms with Gasteiger partial charge in [0.2, 0.25) is 0 Å². The largest absolute Gasteiger partial charge is 0.254 e. The lowest BCUT2D eigenvalue weighted by molar-refractivity contribution is -0.322. The number of terminal acetylenes is 1. The van der Waals surface area contributed by atoms with E-state index in [1.54, 1.807) is 0 Å². The predicted octanol–water partition coefficient (Wildman–Crippen LogP) is -0.236. The van der Waals surface area contributed by atoms with E-state index >= 15 is 0 Å². The first-order chi connectivity index (χ1) is 4.33. The minimum absolute atomic E-state index is 0.341. The number of rotatable bonds is 1. The molecule has 1 saturated heterocycles. The van der Waals surface area contributed by atoms with Gasteiger partial charge in [0, 0.05) is 0 Å². The first-order valence-corrected chi connectivity index (χ1v) is 2.43. The highest BCUT2D eigenvalue weighted by atomic mass is 17.1. The Morgan fingerprint density at radius 2 is 2.56 bits per heavy atom. The summed E-state index contributed by atoms with van der Waals surface area (Å²) in [4.78, 5) is 9.54. The molecule has 9 heavy (non-hydrogen) atoms. The molecule has 0 N–H and O–H groups in total.